The quantitative estimate of drug-likeness (QED) is 0.796. The fourth-order valence-corrected chi connectivity index (χ4v) is 3.97. The third kappa shape index (κ3) is 2.73. The highest BCUT2D eigenvalue weighted by Gasteiger charge is 2.25. The van der Waals surface area contributed by atoms with Crippen molar-refractivity contribution in [2.75, 3.05) is 0 Å². The van der Waals surface area contributed by atoms with Gasteiger partial charge in [-0.05, 0) is 42.1 Å². The Hall–Kier alpha value is -1.16. The van der Waals surface area contributed by atoms with Crippen molar-refractivity contribution in [3.8, 4) is 0 Å². The molecule has 0 amide bonds. The lowest BCUT2D eigenvalue weighted by molar-refractivity contribution is 0.954. The lowest BCUT2D eigenvalue weighted by Gasteiger charge is -2.12. The summed E-state index contributed by atoms with van der Waals surface area (Å²) in [6.45, 7) is 6.23. The van der Waals surface area contributed by atoms with Gasteiger partial charge in [-0.25, -0.2) is 4.72 Å². The second-order valence-electron chi connectivity index (χ2n) is 4.54. The molecule has 0 saturated heterocycles. The van der Waals surface area contributed by atoms with Crippen LogP contribution >= 0.6 is 23.7 Å². The third-order valence-electron chi connectivity index (χ3n) is 3.11. The van der Waals surface area contributed by atoms with E-state index in [4.69, 9.17) is 0 Å². The van der Waals surface area contributed by atoms with Gasteiger partial charge in [0, 0.05) is 9.80 Å². The van der Waals surface area contributed by atoms with E-state index < -0.39 is 0 Å². The van der Waals surface area contributed by atoms with Gasteiger partial charge >= 0.3 is 0 Å². The van der Waals surface area contributed by atoms with E-state index in [-0.39, 0.29) is 5.37 Å². The first-order valence-corrected chi connectivity index (χ1v) is 7.87. The van der Waals surface area contributed by atoms with Gasteiger partial charge in [-0.1, -0.05) is 48.5 Å². The van der Waals surface area contributed by atoms with Crippen LogP contribution in [0.3, 0.4) is 0 Å². The van der Waals surface area contributed by atoms with Crippen LogP contribution in [-0.2, 0) is 0 Å². The molecule has 1 atom stereocenters. The topological polar surface area (TPSA) is 12.0 Å². The zero-order valence-corrected chi connectivity index (χ0v) is 12.4. The summed E-state index contributed by atoms with van der Waals surface area (Å²) >= 11 is 3.47. The monoisotopic (exact) mass is 285 g/mol. The molecule has 0 saturated carbocycles. The summed E-state index contributed by atoms with van der Waals surface area (Å²) in [4.78, 5) is 2.39. The molecule has 0 bridgehead atoms. The normalized spacial score (nSPS) is 17.5. The molecule has 1 heterocycles. The Bertz CT molecular complexity index is 604. The Labute approximate surface area is 122 Å². The van der Waals surface area contributed by atoms with Crippen LogP contribution in [0.4, 0.5) is 0 Å². The molecule has 0 aromatic heterocycles. The molecular weight excluding hydrogens is 270 g/mol. The standard InChI is InChI=1S/C16H15NS2/c1-11-7-9-13(10-8-11)19-17-16-15-6-4-3-5-14(15)12(2)18-16/h3-10,16-17H,2H2,1H3. The van der Waals surface area contributed by atoms with Gasteiger partial charge in [0.05, 0.1) is 5.37 Å². The predicted octanol–water partition coefficient (Wildman–Crippen LogP) is 5.01. The third-order valence-corrected chi connectivity index (χ3v) is 5.23. The molecule has 1 aliphatic heterocycles. The molecule has 0 spiro atoms. The zero-order chi connectivity index (χ0) is 13.2. The summed E-state index contributed by atoms with van der Waals surface area (Å²) in [5, 5.41) is 0.287. The van der Waals surface area contributed by atoms with Crippen LogP contribution in [0.1, 0.15) is 22.1 Å². The van der Waals surface area contributed by atoms with Crippen LogP contribution in [0.2, 0.25) is 0 Å². The van der Waals surface area contributed by atoms with Crippen molar-refractivity contribution in [1.82, 2.24) is 4.72 Å². The number of hydrogen-bond donors (Lipinski definition) is 1. The number of fused-ring (bicyclic) bond motifs is 1. The summed E-state index contributed by atoms with van der Waals surface area (Å²) in [6, 6.07) is 17.0. The molecule has 96 valence electrons. The second kappa shape index (κ2) is 5.45. The maximum absolute atomic E-state index is 4.13. The molecule has 1 unspecified atom stereocenters. The minimum absolute atomic E-state index is 0.287. The summed E-state index contributed by atoms with van der Waals surface area (Å²) in [7, 11) is 0. The van der Waals surface area contributed by atoms with Crippen LogP contribution in [0.5, 0.6) is 0 Å². The fraction of sp³-hybridized carbons (Fsp3) is 0.125. The molecule has 19 heavy (non-hydrogen) atoms. The van der Waals surface area contributed by atoms with Gasteiger partial charge in [0.1, 0.15) is 0 Å². The predicted molar refractivity (Wildman–Crippen MR) is 86.0 cm³/mol. The lowest BCUT2D eigenvalue weighted by atomic mass is 10.1. The van der Waals surface area contributed by atoms with E-state index in [2.05, 4.69) is 66.8 Å². The van der Waals surface area contributed by atoms with Gasteiger partial charge in [-0.3, -0.25) is 0 Å². The first-order valence-electron chi connectivity index (χ1n) is 6.18. The van der Waals surface area contributed by atoms with Crippen molar-refractivity contribution in [3.63, 3.8) is 0 Å². The summed E-state index contributed by atoms with van der Waals surface area (Å²) in [5.41, 5.74) is 3.89. The van der Waals surface area contributed by atoms with E-state index >= 15 is 0 Å². The minimum Gasteiger partial charge on any atom is -0.242 e. The maximum atomic E-state index is 4.13. The maximum Gasteiger partial charge on any atom is 0.0935 e. The van der Waals surface area contributed by atoms with Crippen LogP contribution < -0.4 is 4.72 Å². The largest absolute Gasteiger partial charge is 0.242 e. The SMILES string of the molecule is C=C1SC(NSc2ccc(C)cc2)c2ccccc21. The van der Waals surface area contributed by atoms with Gasteiger partial charge < -0.3 is 0 Å². The average molecular weight is 285 g/mol. The molecule has 0 fully saturated rings. The molecule has 3 rings (SSSR count). The van der Waals surface area contributed by atoms with Gasteiger partial charge in [0.25, 0.3) is 0 Å². The lowest BCUT2D eigenvalue weighted by Crippen LogP contribution is -2.07. The molecule has 2 aromatic rings. The number of thioether (sulfide) groups is 1. The summed E-state index contributed by atoms with van der Waals surface area (Å²) in [6.07, 6.45) is 0. The summed E-state index contributed by atoms with van der Waals surface area (Å²) < 4.78 is 3.52. The van der Waals surface area contributed by atoms with Gasteiger partial charge in [0.2, 0.25) is 0 Å². The van der Waals surface area contributed by atoms with E-state index in [1.807, 2.05) is 0 Å². The number of aryl methyl sites for hydroxylation is 1. The molecule has 0 aliphatic carbocycles. The van der Waals surface area contributed by atoms with E-state index in [1.54, 1.807) is 23.7 Å². The first kappa shape index (κ1) is 12.9. The first-order chi connectivity index (χ1) is 9.24. The van der Waals surface area contributed by atoms with E-state index in [0.717, 1.165) is 4.91 Å². The Morgan fingerprint density at radius 1 is 1.11 bits per heavy atom. The van der Waals surface area contributed by atoms with Crippen LogP contribution in [0.25, 0.3) is 4.91 Å². The highest BCUT2D eigenvalue weighted by molar-refractivity contribution is 8.09. The Morgan fingerprint density at radius 2 is 1.84 bits per heavy atom. The number of rotatable bonds is 3. The molecule has 2 aromatic carbocycles. The Kier molecular flexibility index (Phi) is 3.69. The molecule has 1 nitrogen and oxygen atoms in total. The zero-order valence-electron chi connectivity index (χ0n) is 10.7. The smallest absolute Gasteiger partial charge is 0.0935 e. The molecule has 1 aliphatic rings. The number of hydrogen-bond acceptors (Lipinski definition) is 3. The van der Waals surface area contributed by atoms with Crippen molar-refractivity contribution in [3.05, 3.63) is 71.8 Å². The van der Waals surface area contributed by atoms with Crippen molar-refractivity contribution in [2.45, 2.75) is 17.2 Å². The molecular formula is C16H15NS2. The number of benzene rings is 2. The van der Waals surface area contributed by atoms with E-state index in [9.17, 15) is 0 Å². The summed E-state index contributed by atoms with van der Waals surface area (Å²) in [5.74, 6) is 0. The van der Waals surface area contributed by atoms with Gasteiger partial charge in [0.15, 0.2) is 0 Å². The number of nitrogens with one attached hydrogen (secondary N) is 1. The van der Waals surface area contributed by atoms with E-state index in [0.29, 0.717) is 0 Å². The highest BCUT2D eigenvalue weighted by Crippen LogP contribution is 2.48. The van der Waals surface area contributed by atoms with Gasteiger partial charge in [-0.2, -0.15) is 0 Å². The van der Waals surface area contributed by atoms with Crippen molar-refractivity contribution >= 4 is 28.6 Å². The fourth-order valence-electron chi connectivity index (χ4n) is 2.06. The highest BCUT2D eigenvalue weighted by atomic mass is 32.2. The molecule has 1 N–H and O–H groups in total. The van der Waals surface area contributed by atoms with Crippen LogP contribution in [0.15, 0.2) is 60.0 Å². The van der Waals surface area contributed by atoms with Crippen molar-refractivity contribution in [1.29, 1.82) is 0 Å². The van der Waals surface area contributed by atoms with Gasteiger partial charge in [-0.15, -0.1) is 11.8 Å². The second-order valence-corrected chi connectivity index (χ2v) is 6.65. The molecule has 3 heteroatoms. The van der Waals surface area contributed by atoms with Crippen LogP contribution in [-0.4, -0.2) is 0 Å². The van der Waals surface area contributed by atoms with E-state index in [1.165, 1.54) is 21.6 Å². The van der Waals surface area contributed by atoms with Crippen molar-refractivity contribution < 1.29 is 0 Å². The minimum atomic E-state index is 0.287. The average Bonchev–Trinajstić information content (AvgIpc) is 2.76. The Morgan fingerprint density at radius 3 is 2.63 bits per heavy atom. The van der Waals surface area contributed by atoms with Crippen LogP contribution in [0, 0.1) is 6.92 Å². The van der Waals surface area contributed by atoms with Crippen molar-refractivity contribution in [2.24, 2.45) is 0 Å². The molecule has 0 radical (unpaired) electrons. The Balaban J connectivity index is 1.72.